The second-order valence-corrected chi connectivity index (χ2v) is 7.83. The van der Waals surface area contributed by atoms with Crippen LogP contribution in [-0.2, 0) is 11.4 Å². The summed E-state index contributed by atoms with van der Waals surface area (Å²) < 4.78 is 5.84. The van der Waals surface area contributed by atoms with E-state index in [1.807, 2.05) is 84.9 Å². The number of amides is 1. The SMILES string of the molecule is Cc1ccc(COc2ccc(/C=N/NC(=O)C(c3ccccc3)c3ccccc3)cc2)cc1. The Hall–Kier alpha value is -4.18. The number of benzene rings is 4. The van der Waals surface area contributed by atoms with E-state index in [4.69, 9.17) is 4.74 Å². The monoisotopic (exact) mass is 434 g/mol. The predicted molar refractivity (Wildman–Crippen MR) is 132 cm³/mol. The zero-order valence-electron chi connectivity index (χ0n) is 18.5. The van der Waals surface area contributed by atoms with Crippen molar-refractivity contribution in [2.45, 2.75) is 19.4 Å². The molecule has 4 rings (SSSR count). The van der Waals surface area contributed by atoms with Gasteiger partial charge in [-0.3, -0.25) is 4.79 Å². The molecule has 4 aromatic rings. The summed E-state index contributed by atoms with van der Waals surface area (Å²) in [5, 5.41) is 4.18. The average Bonchev–Trinajstić information content (AvgIpc) is 2.86. The smallest absolute Gasteiger partial charge is 0.252 e. The van der Waals surface area contributed by atoms with Crippen LogP contribution in [0.15, 0.2) is 114 Å². The van der Waals surface area contributed by atoms with Crippen molar-refractivity contribution in [3.05, 3.63) is 137 Å². The molecular formula is C29H26N2O2. The molecule has 4 aromatic carbocycles. The van der Waals surface area contributed by atoms with Crippen molar-refractivity contribution in [3.63, 3.8) is 0 Å². The molecule has 1 N–H and O–H groups in total. The highest BCUT2D eigenvalue weighted by atomic mass is 16.5. The largest absolute Gasteiger partial charge is 0.489 e. The minimum atomic E-state index is -0.429. The van der Waals surface area contributed by atoms with Gasteiger partial charge in [0.2, 0.25) is 0 Å². The van der Waals surface area contributed by atoms with Gasteiger partial charge in [0.1, 0.15) is 12.4 Å². The molecule has 0 saturated heterocycles. The summed E-state index contributed by atoms with van der Waals surface area (Å²) in [6.07, 6.45) is 1.63. The molecule has 0 saturated carbocycles. The number of carbonyl (C=O) groups is 1. The van der Waals surface area contributed by atoms with Crippen molar-refractivity contribution < 1.29 is 9.53 Å². The molecule has 1 amide bonds. The molecule has 164 valence electrons. The number of hydrazone groups is 1. The lowest BCUT2D eigenvalue weighted by Crippen LogP contribution is -2.26. The zero-order valence-corrected chi connectivity index (χ0v) is 18.5. The quantitative estimate of drug-likeness (QED) is 0.279. The lowest BCUT2D eigenvalue weighted by Gasteiger charge is -2.16. The Morgan fingerprint density at radius 1 is 0.818 bits per heavy atom. The summed E-state index contributed by atoms with van der Waals surface area (Å²) in [6.45, 7) is 2.58. The molecular weight excluding hydrogens is 408 g/mol. The number of rotatable bonds is 8. The molecule has 0 heterocycles. The number of nitrogens with zero attached hydrogens (tertiary/aromatic N) is 1. The Morgan fingerprint density at radius 2 is 1.39 bits per heavy atom. The van der Waals surface area contributed by atoms with Crippen molar-refractivity contribution in [3.8, 4) is 5.75 Å². The first-order valence-electron chi connectivity index (χ1n) is 10.9. The van der Waals surface area contributed by atoms with Gasteiger partial charge in [-0.1, -0.05) is 90.5 Å². The Balaban J connectivity index is 1.37. The molecule has 0 fully saturated rings. The van der Waals surface area contributed by atoms with Crippen LogP contribution in [0.25, 0.3) is 0 Å². The molecule has 0 aliphatic heterocycles. The second kappa shape index (κ2) is 10.9. The van der Waals surface area contributed by atoms with Crippen LogP contribution in [-0.4, -0.2) is 12.1 Å². The highest BCUT2D eigenvalue weighted by Gasteiger charge is 2.22. The van der Waals surface area contributed by atoms with Crippen molar-refractivity contribution >= 4 is 12.1 Å². The molecule has 0 atom stereocenters. The van der Waals surface area contributed by atoms with Crippen LogP contribution < -0.4 is 10.2 Å². The fourth-order valence-electron chi connectivity index (χ4n) is 3.52. The molecule has 0 radical (unpaired) electrons. The number of nitrogens with one attached hydrogen (secondary N) is 1. The van der Waals surface area contributed by atoms with Crippen LogP contribution in [0, 0.1) is 6.92 Å². The second-order valence-electron chi connectivity index (χ2n) is 7.83. The Morgan fingerprint density at radius 3 is 1.97 bits per heavy atom. The van der Waals surface area contributed by atoms with E-state index in [2.05, 4.69) is 41.7 Å². The molecule has 0 bridgehead atoms. The average molecular weight is 435 g/mol. The van der Waals surface area contributed by atoms with Crippen LogP contribution in [0.3, 0.4) is 0 Å². The highest BCUT2D eigenvalue weighted by Crippen LogP contribution is 2.24. The topological polar surface area (TPSA) is 50.7 Å². The van der Waals surface area contributed by atoms with Gasteiger partial charge in [0.25, 0.3) is 5.91 Å². The van der Waals surface area contributed by atoms with Crippen LogP contribution in [0.4, 0.5) is 0 Å². The summed E-state index contributed by atoms with van der Waals surface area (Å²) in [7, 11) is 0. The highest BCUT2D eigenvalue weighted by molar-refractivity contribution is 5.88. The van der Waals surface area contributed by atoms with Gasteiger partial charge in [0.05, 0.1) is 12.1 Å². The number of aryl methyl sites for hydroxylation is 1. The van der Waals surface area contributed by atoms with Crippen molar-refractivity contribution in [2.75, 3.05) is 0 Å². The first-order chi connectivity index (χ1) is 16.2. The van der Waals surface area contributed by atoms with Gasteiger partial charge in [-0.2, -0.15) is 5.10 Å². The third-order valence-electron chi connectivity index (χ3n) is 5.32. The standard InChI is InChI=1S/C29H26N2O2/c1-22-12-14-24(15-13-22)21-33-27-18-16-23(17-19-27)20-30-31-29(32)28(25-8-4-2-5-9-25)26-10-6-3-7-11-26/h2-20,28H,21H2,1H3,(H,31,32)/b30-20+. The normalized spacial score (nSPS) is 11.0. The fourth-order valence-corrected chi connectivity index (χ4v) is 3.52. The van der Waals surface area contributed by atoms with Crippen molar-refractivity contribution in [2.24, 2.45) is 5.10 Å². The van der Waals surface area contributed by atoms with E-state index in [-0.39, 0.29) is 5.91 Å². The van der Waals surface area contributed by atoms with Crippen molar-refractivity contribution in [1.29, 1.82) is 0 Å². The van der Waals surface area contributed by atoms with Gasteiger partial charge in [0.15, 0.2) is 0 Å². The third kappa shape index (κ3) is 6.17. The molecule has 4 heteroatoms. The lowest BCUT2D eigenvalue weighted by atomic mass is 9.91. The number of ether oxygens (including phenoxy) is 1. The van der Waals surface area contributed by atoms with E-state index < -0.39 is 5.92 Å². The van der Waals surface area contributed by atoms with Crippen LogP contribution in [0.1, 0.15) is 33.7 Å². The van der Waals surface area contributed by atoms with Gasteiger partial charge in [-0.25, -0.2) is 5.43 Å². The van der Waals surface area contributed by atoms with Crippen LogP contribution in [0.2, 0.25) is 0 Å². The van der Waals surface area contributed by atoms with Gasteiger partial charge in [-0.15, -0.1) is 0 Å². The van der Waals surface area contributed by atoms with E-state index in [0.717, 1.165) is 28.0 Å². The lowest BCUT2D eigenvalue weighted by molar-refractivity contribution is -0.121. The molecule has 0 aromatic heterocycles. The maximum absolute atomic E-state index is 13.0. The Kier molecular flexibility index (Phi) is 7.29. The van der Waals surface area contributed by atoms with Gasteiger partial charge in [-0.05, 0) is 53.4 Å². The molecule has 0 aliphatic carbocycles. The van der Waals surface area contributed by atoms with E-state index in [0.29, 0.717) is 6.61 Å². The fraction of sp³-hybridized carbons (Fsp3) is 0.103. The van der Waals surface area contributed by atoms with Crippen LogP contribution >= 0.6 is 0 Å². The molecule has 0 aliphatic rings. The first-order valence-corrected chi connectivity index (χ1v) is 10.9. The third-order valence-corrected chi connectivity index (χ3v) is 5.32. The van der Waals surface area contributed by atoms with Gasteiger partial charge in [0, 0.05) is 0 Å². The molecule has 0 spiro atoms. The Bertz CT molecular complexity index is 1150. The molecule has 33 heavy (non-hydrogen) atoms. The first kappa shape index (κ1) is 22.0. The van der Waals surface area contributed by atoms with Gasteiger partial charge >= 0.3 is 0 Å². The number of hydrogen-bond donors (Lipinski definition) is 1. The van der Waals surface area contributed by atoms with E-state index >= 15 is 0 Å². The zero-order chi connectivity index (χ0) is 22.9. The minimum Gasteiger partial charge on any atom is -0.489 e. The predicted octanol–water partition coefficient (Wildman–Crippen LogP) is 5.86. The number of carbonyl (C=O) groups excluding carboxylic acids is 1. The Labute approximate surface area is 194 Å². The maximum Gasteiger partial charge on any atom is 0.252 e. The maximum atomic E-state index is 13.0. The van der Waals surface area contributed by atoms with Crippen LogP contribution in [0.5, 0.6) is 5.75 Å². The molecule has 4 nitrogen and oxygen atoms in total. The molecule has 0 unspecified atom stereocenters. The van der Waals surface area contributed by atoms with E-state index in [1.165, 1.54) is 5.56 Å². The van der Waals surface area contributed by atoms with E-state index in [9.17, 15) is 4.79 Å². The minimum absolute atomic E-state index is 0.179. The number of hydrogen-bond acceptors (Lipinski definition) is 3. The van der Waals surface area contributed by atoms with Crippen molar-refractivity contribution in [1.82, 2.24) is 5.43 Å². The summed E-state index contributed by atoms with van der Waals surface area (Å²) in [5.41, 5.74) is 7.76. The van der Waals surface area contributed by atoms with E-state index in [1.54, 1.807) is 6.21 Å². The summed E-state index contributed by atoms with van der Waals surface area (Å²) in [4.78, 5) is 13.0. The van der Waals surface area contributed by atoms with Gasteiger partial charge < -0.3 is 4.74 Å². The summed E-state index contributed by atoms with van der Waals surface area (Å²) >= 11 is 0. The summed E-state index contributed by atoms with van der Waals surface area (Å²) in [5.74, 6) is 0.175. The summed E-state index contributed by atoms with van der Waals surface area (Å²) in [6, 6.07) is 35.3.